The van der Waals surface area contributed by atoms with E-state index in [2.05, 4.69) is 10.1 Å². The summed E-state index contributed by atoms with van der Waals surface area (Å²) in [6.07, 6.45) is -9.39. The first-order chi connectivity index (χ1) is 13.8. The molecule has 162 valence electrons. The maximum Gasteiger partial charge on any atom is 0.433 e. The number of hydrogen-bond donors (Lipinski definition) is 1. The number of nitrogens with zero attached hydrogens (tertiary/aromatic N) is 4. The molecule has 0 radical (unpaired) electrons. The van der Waals surface area contributed by atoms with Crippen LogP contribution in [-0.4, -0.2) is 37.8 Å². The van der Waals surface area contributed by atoms with Crippen molar-refractivity contribution in [3.63, 3.8) is 0 Å². The van der Waals surface area contributed by atoms with Gasteiger partial charge in [-0.25, -0.2) is 9.38 Å². The van der Waals surface area contributed by atoms with E-state index in [9.17, 15) is 35.9 Å². The van der Waals surface area contributed by atoms with Crippen molar-refractivity contribution in [2.24, 2.45) is 0 Å². The van der Waals surface area contributed by atoms with Gasteiger partial charge in [-0.3, -0.25) is 14.3 Å². The topological polar surface area (TPSA) is 81.3 Å². The Hall–Kier alpha value is -2.61. The third-order valence-corrected chi connectivity index (χ3v) is 4.90. The molecule has 1 amide bonds. The van der Waals surface area contributed by atoms with Crippen molar-refractivity contribution in [2.45, 2.75) is 25.8 Å². The number of aromatic nitrogens is 4. The van der Waals surface area contributed by atoms with E-state index in [4.69, 9.17) is 11.6 Å². The lowest BCUT2D eigenvalue weighted by molar-refractivity contribution is -0.144. The maximum absolute atomic E-state index is 13.1. The van der Waals surface area contributed by atoms with Crippen molar-refractivity contribution in [3.05, 3.63) is 49.6 Å². The van der Waals surface area contributed by atoms with Crippen molar-refractivity contribution in [3.8, 4) is 0 Å². The Balaban J connectivity index is 1.99. The highest BCUT2D eigenvalue weighted by molar-refractivity contribution is 7.17. The van der Waals surface area contributed by atoms with E-state index in [1.54, 1.807) is 5.32 Å². The molecule has 0 aliphatic carbocycles. The summed E-state index contributed by atoms with van der Waals surface area (Å²) in [5, 5.41) is 4.79. The molecule has 3 heterocycles. The van der Waals surface area contributed by atoms with Gasteiger partial charge in [0.05, 0.1) is 12.2 Å². The number of aryl methyl sites for hydroxylation is 1. The van der Waals surface area contributed by atoms with Gasteiger partial charge in [0.1, 0.15) is 17.9 Å². The van der Waals surface area contributed by atoms with Gasteiger partial charge in [0.2, 0.25) is 0 Å². The largest absolute Gasteiger partial charge is 0.433 e. The minimum absolute atomic E-state index is 0.0704. The molecule has 0 atom stereocenters. The van der Waals surface area contributed by atoms with E-state index >= 15 is 0 Å². The van der Waals surface area contributed by atoms with Crippen molar-refractivity contribution in [1.29, 1.82) is 0 Å². The Labute approximate surface area is 171 Å². The molecule has 0 aromatic carbocycles. The van der Waals surface area contributed by atoms with Gasteiger partial charge in [0.15, 0.2) is 10.1 Å². The van der Waals surface area contributed by atoms with Crippen molar-refractivity contribution >= 4 is 33.8 Å². The highest BCUT2D eigenvalue weighted by Gasteiger charge is 2.36. The van der Waals surface area contributed by atoms with Gasteiger partial charge < -0.3 is 5.32 Å². The normalized spacial score (nSPS) is 12.5. The predicted octanol–water partition coefficient (Wildman–Crippen LogP) is 3.27. The van der Waals surface area contributed by atoms with Crippen LogP contribution in [0.5, 0.6) is 0 Å². The van der Waals surface area contributed by atoms with Crippen LogP contribution in [0.25, 0.3) is 4.96 Å². The van der Waals surface area contributed by atoms with Crippen LogP contribution in [0.1, 0.15) is 26.8 Å². The van der Waals surface area contributed by atoms with Gasteiger partial charge in [0, 0.05) is 17.0 Å². The number of halogens is 7. The van der Waals surface area contributed by atoms with E-state index in [1.807, 2.05) is 0 Å². The number of alkyl halides is 6. The molecule has 0 fully saturated rings. The molecule has 0 aliphatic rings. The number of carbonyl (C=O) groups excluding carboxylic acids is 1. The fourth-order valence-corrected chi connectivity index (χ4v) is 3.80. The monoisotopic (exact) mass is 473 g/mol. The summed E-state index contributed by atoms with van der Waals surface area (Å²) in [6.45, 7) is -0.737. The van der Waals surface area contributed by atoms with Gasteiger partial charge in [-0.15, -0.1) is 11.3 Å². The predicted molar refractivity (Wildman–Crippen MR) is 93.8 cm³/mol. The third-order valence-electron chi connectivity index (χ3n) is 3.76. The highest BCUT2D eigenvalue weighted by Crippen LogP contribution is 2.31. The van der Waals surface area contributed by atoms with Crippen LogP contribution in [-0.2, 0) is 12.7 Å². The second-order valence-electron chi connectivity index (χ2n) is 6.02. The lowest BCUT2D eigenvalue weighted by Crippen LogP contribution is -2.35. The molecule has 30 heavy (non-hydrogen) atoms. The first kappa shape index (κ1) is 22.1. The Morgan fingerprint density at radius 1 is 1.23 bits per heavy atom. The summed E-state index contributed by atoms with van der Waals surface area (Å²) in [4.78, 5) is 28.8. The van der Waals surface area contributed by atoms with Gasteiger partial charge in [-0.1, -0.05) is 11.6 Å². The summed E-state index contributed by atoms with van der Waals surface area (Å²) in [6, 6.07) is 1.49. The van der Waals surface area contributed by atoms with Crippen molar-refractivity contribution in [2.75, 3.05) is 6.54 Å². The summed E-state index contributed by atoms with van der Waals surface area (Å²) in [7, 11) is 0. The minimum atomic E-state index is -4.75. The Morgan fingerprint density at radius 3 is 2.50 bits per heavy atom. The van der Waals surface area contributed by atoms with Crippen LogP contribution in [0.2, 0.25) is 5.15 Å². The molecular formula is C15H10ClF6N5O2S. The van der Waals surface area contributed by atoms with Crippen LogP contribution in [0.15, 0.2) is 16.9 Å². The van der Waals surface area contributed by atoms with Crippen LogP contribution in [0, 0.1) is 6.92 Å². The first-order valence-corrected chi connectivity index (χ1v) is 9.13. The molecule has 0 bridgehead atoms. The molecule has 3 rings (SSSR count). The van der Waals surface area contributed by atoms with E-state index in [1.165, 1.54) is 6.92 Å². The number of thiazole rings is 1. The van der Waals surface area contributed by atoms with Gasteiger partial charge in [-0.2, -0.15) is 31.4 Å². The van der Waals surface area contributed by atoms with Crippen LogP contribution in [0.4, 0.5) is 26.3 Å². The van der Waals surface area contributed by atoms with E-state index in [0.717, 1.165) is 21.8 Å². The van der Waals surface area contributed by atoms with E-state index < -0.39 is 47.8 Å². The highest BCUT2D eigenvalue weighted by atomic mass is 35.5. The second-order valence-corrected chi connectivity index (χ2v) is 7.59. The smallest absolute Gasteiger partial charge is 0.342 e. The van der Waals surface area contributed by atoms with Crippen LogP contribution >= 0.6 is 22.9 Å². The van der Waals surface area contributed by atoms with Crippen LogP contribution in [0.3, 0.4) is 0 Å². The molecular weight excluding hydrogens is 464 g/mol. The number of fused-ring (bicyclic) bond motifs is 1. The van der Waals surface area contributed by atoms with Crippen LogP contribution < -0.4 is 10.9 Å². The quantitative estimate of drug-likeness (QED) is 0.590. The summed E-state index contributed by atoms with van der Waals surface area (Å²) in [5.41, 5.74) is -2.43. The molecule has 0 saturated heterocycles. The van der Waals surface area contributed by atoms with Crippen molar-refractivity contribution in [1.82, 2.24) is 24.5 Å². The number of amides is 1. The molecule has 1 N–H and O–H groups in total. The number of carbonyl (C=O) groups is 1. The molecule has 15 heteroatoms. The SMILES string of the molecule is Cc1sc2nc(Cn3nc(Cl)cc3C(F)(F)F)cc(=O)n2c1C(=O)NCC(F)(F)F. The minimum Gasteiger partial charge on any atom is -0.342 e. The summed E-state index contributed by atoms with van der Waals surface area (Å²) in [5.74, 6) is -1.13. The summed E-state index contributed by atoms with van der Waals surface area (Å²) < 4.78 is 77.6. The molecule has 3 aromatic heterocycles. The fraction of sp³-hybridized carbons (Fsp3) is 0.333. The Kier molecular flexibility index (Phi) is 5.58. The number of hydrogen-bond acceptors (Lipinski definition) is 5. The Morgan fingerprint density at radius 2 is 1.90 bits per heavy atom. The fourth-order valence-electron chi connectivity index (χ4n) is 2.62. The molecule has 0 unspecified atom stereocenters. The summed E-state index contributed by atoms with van der Waals surface area (Å²) >= 11 is 6.37. The average Bonchev–Trinajstić information content (AvgIpc) is 3.11. The van der Waals surface area contributed by atoms with Gasteiger partial charge in [0.25, 0.3) is 11.5 Å². The second kappa shape index (κ2) is 7.58. The average molecular weight is 474 g/mol. The first-order valence-electron chi connectivity index (χ1n) is 7.94. The standard InChI is InChI=1S/C15H10ClF6N5O2S/c1-6-11(12(29)23-5-14(17,18)19)27-10(28)2-7(24-13(27)30-6)4-26-8(15(20,21)22)3-9(16)25-26/h2-3H,4-5H2,1H3,(H,23,29). The number of rotatable bonds is 4. The third kappa shape index (κ3) is 4.59. The Bertz CT molecular complexity index is 1180. The van der Waals surface area contributed by atoms with Gasteiger partial charge in [-0.05, 0) is 6.92 Å². The number of nitrogens with one attached hydrogen (secondary N) is 1. The molecule has 0 aliphatic heterocycles. The zero-order valence-corrected chi connectivity index (χ0v) is 16.3. The zero-order valence-electron chi connectivity index (χ0n) is 14.7. The zero-order chi connectivity index (χ0) is 22.4. The lowest BCUT2D eigenvalue weighted by atomic mass is 10.3. The molecule has 7 nitrogen and oxygen atoms in total. The van der Waals surface area contributed by atoms with E-state index in [0.29, 0.717) is 10.7 Å². The van der Waals surface area contributed by atoms with Crippen molar-refractivity contribution < 1.29 is 31.1 Å². The molecule has 3 aromatic rings. The molecule has 0 spiro atoms. The lowest BCUT2D eigenvalue weighted by Gasteiger charge is -2.10. The maximum atomic E-state index is 13.1. The van der Waals surface area contributed by atoms with Gasteiger partial charge >= 0.3 is 12.4 Å². The molecule has 0 saturated carbocycles. The van der Waals surface area contributed by atoms with E-state index in [-0.39, 0.29) is 21.2 Å².